The Balaban J connectivity index is 2.48. The van der Waals surface area contributed by atoms with Crippen LogP contribution in [-0.4, -0.2) is 29.3 Å². The summed E-state index contributed by atoms with van der Waals surface area (Å²) in [5, 5.41) is 11.2. The number of hydrogen-bond donors (Lipinski definition) is 2. The molecule has 0 aromatic heterocycles. The molecule has 0 heterocycles. The lowest BCUT2D eigenvalue weighted by atomic mass is 10.00. The molecule has 1 aliphatic rings. The minimum absolute atomic E-state index is 0.318. The molecule has 1 rings (SSSR count). The van der Waals surface area contributed by atoms with Gasteiger partial charge in [0.25, 0.3) is 0 Å². The summed E-state index contributed by atoms with van der Waals surface area (Å²) < 4.78 is 35.9. The Morgan fingerprint density at radius 2 is 2.06 bits per heavy atom. The second kappa shape index (κ2) is 5.34. The molecule has 0 aromatic carbocycles. The summed E-state index contributed by atoms with van der Waals surface area (Å²) >= 11 is 0. The van der Waals surface area contributed by atoms with E-state index in [4.69, 9.17) is 0 Å². The second-order valence-electron chi connectivity index (χ2n) is 3.83. The number of alkyl halides is 3. The monoisotopic (exact) mass is 237 g/mol. The highest BCUT2D eigenvalue weighted by atomic mass is 19.4. The Hall–Kier alpha value is -1.04. The Labute approximate surface area is 91.3 Å². The molecular weight excluding hydrogens is 223 g/mol. The molecule has 0 bridgehead atoms. The van der Waals surface area contributed by atoms with E-state index in [0.29, 0.717) is 25.7 Å². The number of rotatable bonds is 1. The van der Waals surface area contributed by atoms with Crippen LogP contribution in [0.4, 0.5) is 13.2 Å². The second-order valence-corrected chi connectivity index (χ2v) is 3.83. The van der Waals surface area contributed by atoms with Crippen molar-refractivity contribution in [2.24, 2.45) is 0 Å². The summed E-state index contributed by atoms with van der Waals surface area (Å²) in [5.74, 6) is -1.90. The maximum Gasteiger partial charge on any atom is 0.471 e. The van der Waals surface area contributed by atoms with Crippen molar-refractivity contribution in [3.8, 4) is 0 Å². The number of nitrogens with one attached hydrogen (secondary N) is 1. The van der Waals surface area contributed by atoms with E-state index in [1.165, 1.54) is 0 Å². The normalized spacial score (nSPS) is 29.0. The lowest BCUT2D eigenvalue weighted by molar-refractivity contribution is -0.174. The quantitative estimate of drug-likeness (QED) is 0.679. The first-order valence-electron chi connectivity index (χ1n) is 5.12. The maximum atomic E-state index is 12.0. The van der Waals surface area contributed by atoms with E-state index < -0.39 is 24.2 Å². The minimum atomic E-state index is -4.83. The zero-order chi connectivity index (χ0) is 12.2. The number of carbonyl (C=O) groups excluding carboxylic acids is 1. The zero-order valence-electron chi connectivity index (χ0n) is 8.63. The summed E-state index contributed by atoms with van der Waals surface area (Å²) in [6, 6.07) is -0.502. The van der Waals surface area contributed by atoms with Gasteiger partial charge in [-0.25, -0.2) is 0 Å². The van der Waals surface area contributed by atoms with Crippen LogP contribution in [0.3, 0.4) is 0 Å². The summed E-state index contributed by atoms with van der Waals surface area (Å²) in [6.07, 6.45) is -0.340. The first-order valence-corrected chi connectivity index (χ1v) is 5.12. The van der Waals surface area contributed by atoms with Crippen LogP contribution in [0.5, 0.6) is 0 Å². The van der Waals surface area contributed by atoms with Gasteiger partial charge >= 0.3 is 12.1 Å². The van der Waals surface area contributed by atoms with Crippen LogP contribution in [0.15, 0.2) is 12.2 Å². The van der Waals surface area contributed by atoms with Crippen LogP contribution < -0.4 is 5.32 Å². The van der Waals surface area contributed by atoms with Crippen LogP contribution in [0.25, 0.3) is 0 Å². The summed E-state index contributed by atoms with van der Waals surface area (Å²) in [4.78, 5) is 10.7. The van der Waals surface area contributed by atoms with Crippen LogP contribution in [0.2, 0.25) is 0 Å². The van der Waals surface area contributed by atoms with E-state index in [1.807, 2.05) is 5.32 Å². The van der Waals surface area contributed by atoms with Gasteiger partial charge in [-0.3, -0.25) is 4.79 Å². The van der Waals surface area contributed by atoms with Gasteiger partial charge in [0, 0.05) is 6.04 Å². The molecule has 0 spiro atoms. The minimum Gasteiger partial charge on any atom is -0.389 e. The van der Waals surface area contributed by atoms with Crippen molar-refractivity contribution in [2.75, 3.05) is 0 Å². The van der Waals surface area contributed by atoms with Crippen molar-refractivity contribution in [2.45, 2.75) is 44.0 Å². The van der Waals surface area contributed by atoms with E-state index in [1.54, 1.807) is 12.2 Å². The van der Waals surface area contributed by atoms with Crippen LogP contribution in [0.1, 0.15) is 25.7 Å². The van der Waals surface area contributed by atoms with Gasteiger partial charge in [0.15, 0.2) is 0 Å². The van der Waals surface area contributed by atoms with Gasteiger partial charge in [-0.15, -0.1) is 0 Å². The molecule has 6 heteroatoms. The van der Waals surface area contributed by atoms with Crippen molar-refractivity contribution in [1.29, 1.82) is 0 Å². The van der Waals surface area contributed by atoms with Crippen molar-refractivity contribution in [3.05, 3.63) is 12.2 Å². The third-order valence-electron chi connectivity index (χ3n) is 2.42. The number of aliphatic hydroxyl groups excluding tert-OH is 1. The molecule has 0 fully saturated rings. The van der Waals surface area contributed by atoms with E-state index in [0.717, 1.165) is 0 Å². The summed E-state index contributed by atoms with van der Waals surface area (Å²) in [7, 11) is 0. The standard InChI is InChI=1S/C10H14F3NO2/c11-10(12,13)9(16)14-7-3-1-5-8(15)6-2-4-7/h1,5,7-8,15H,2-4,6H2,(H,14,16)/b5-1-. The largest absolute Gasteiger partial charge is 0.471 e. The van der Waals surface area contributed by atoms with Crippen LogP contribution in [-0.2, 0) is 4.79 Å². The van der Waals surface area contributed by atoms with Gasteiger partial charge in [0.1, 0.15) is 0 Å². The number of hydrogen-bond acceptors (Lipinski definition) is 2. The van der Waals surface area contributed by atoms with E-state index in [2.05, 4.69) is 0 Å². The maximum absolute atomic E-state index is 12.0. The van der Waals surface area contributed by atoms with Gasteiger partial charge in [0.2, 0.25) is 0 Å². The molecule has 2 unspecified atom stereocenters. The van der Waals surface area contributed by atoms with Crippen LogP contribution in [0, 0.1) is 0 Å². The Bertz CT molecular complexity index is 276. The fourth-order valence-corrected chi connectivity index (χ4v) is 1.59. The highest BCUT2D eigenvalue weighted by Gasteiger charge is 2.39. The lowest BCUT2D eigenvalue weighted by Crippen LogP contribution is -2.43. The van der Waals surface area contributed by atoms with Crippen molar-refractivity contribution >= 4 is 5.91 Å². The van der Waals surface area contributed by atoms with Gasteiger partial charge in [0.05, 0.1) is 6.10 Å². The van der Waals surface area contributed by atoms with Gasteiger partial charge in [-0.1, -0.05) is 12.2 Å². The third kappa shape index (κ3) is 4.22. The molecule has 16 heavy (non-hydrogen) atoms. The number of halogens is 3. The highest BCUT2D eigenvalue weighted by Crippen LogP contribution is 2.17. The van der Waals surface area contributed by atoms with E-state index >= 15 is 0 Å². The third-order valence-corrected chi connectivity index (χ3v) is 2.42. The zero-order valence-corrected chi connectivity index (χ0v) is 8.63. The van der Waals surface area contributed by atoms with Crippen LogP contribution >= 0.6 is 0 Å². The molecule has 2 N–H and O–H groups in total. The molecule has 0 saturated heterocycles. The smallest absolute Gasteiger partial charge is 0.389 e. The van der Waals surface area contributed by atoms with Gasteiger partial charge in [-0.2, -0.15) is 13.2 Å². The number of amides is 1. The summed E-state index contributed by atoms with van der Waals surface area (Å²) in [6.45, 7) is 0. The Morgan fingerprint density at radius 3 is 2.69 bits per heavy atom. The highest BCUT2D eigenvalue weighted by molar-refractivity contribution is 5.81. The van der Waals surface area contributed by atoms with Crippen molar-refractivity contribution in [1.82, 2.24) is 5.32 Å². The molecular formula is C10H14F3NO2. The molecule has 1 aliphatic carbocycles. The Kier molecular flexibility index (Phi) is 4.35. The molecule has 0 radical (unpaired) electrons. The number of aliphatic hydroxyl groups is 1. The fraction of sp³-hybridized carbons (Fsp3) is 0.700. The Morgan fingerprint density at radius 1 is 1.38 bits per heavy atom. The van der Waals surface area contributed by atoms with E-state index in [-0.39, 0.29) is 0 Å². The van der Waals surface area contributed by atoms with Gasteiger partial charge in [-0.05, 0) is 25.7 Å². The molecule has 92 valence electrons. The first-order chi connectivity index (χ1) is 7.39. The predicted octanol–water partition coefficient (Wildman–Crippen LogP) is 1.52. The van der Waals surface area contributed by atoms with Crippen molar-refractivity contribution in [3.63, 3.8) is 0 Å². The number of carbonyl (C=O) groups is 1. The average molecular weight is 237 g/mol. The molecule has 0 aliphatic heterocycles. The van der Waals surface area contributed by atoms with E-state index in [9.17, 15) is 23.1 Å². The predicted molar refractivity (Wildman–Crippen MR) is 51.6 cm³/mol. The molecule has 0 saturated carbocycles. The SMILES string of the molecule is O=C(NC1C/C=C\C(O)CCC1)C(F)(F)F. The fourth-order valence-electron chi connectivity index (χ4n) is 1.59. The molecule has 1 amide bonds. The summed E-state index contributed by atoms with van der Waals surface area (Å²) in [5.41, 5.74) is 0. The lowest BCUT2D eigenvalue weighted by Gasteiger charge is -2.20. The average Bonchev–Trinajstić information content (AvgIpc) is 2.12. The van der Waals surface area contributed by atoms with Crippen molar-refractivity contribution < 1.29 is 23.1 Å². The topological polar surface area (TPSA) is 49.3 Å². The van der Waals surface area contributed by atoms with Gasteiger partial charge < -0.3 is 10.4 Å². The first kappa shape index (κ1) is 13.0. The molecule has 3 nitrogen and oxygen atoms in total. The molecule has 2 atom stereocenters. The molecule has 0 aromatic rings.